The van der Waals surface area contributed by atoms with Crippen LogP contribution in [0.2, 0.25) is 0 Å². The largest absolute Gasteiger partial charge is 0.455 e. The maximum Gasteiger partial charge on any atom is 0.267 e. The van der Waals surface area contributed by atoms with Gasteiger partial charge in [-0.15, -0.1) is 0 Å². The van der Waals surface area contributed by atoms with E-state index >= 15 is 0 Å². The Morgan fingerprint density at radius 2 is 2.00 bits per heavy atom. The Bertz CT molecular complexity index is 822. The molecule has 0 aliphatic rings. The second-order valence-electron chi connectivity index (χ2n) is 4.68. The fourth-order valence-corrected chi connectivity index (χ4v) is 2.13. The third-order valence-corrected chi connectivity index (χ3v) is 3.18. The topological polar surface area (TPSA) is 74.4 Å². The first kappa shape index (κ1) is 13.9. The summed E-state index contributed by atoms with van der Waals surface area (Å²) >= 11 is 0. The van der Waals surface area contributed by atoms with Crippen molar-refractivity contribution in [3.8, 4) is 11.5 Å². The molecule has 0 atom stereocenters. The van der Waals surface area contributed by atoms with Crippen molar-refractivity contribution in [2.45, 2.75) is 0 Å². The molecule has 0 saturated carbocycles. The van der Waals surface area contributed by atoms with Gasteiger partial charge in [0.05, 0.1) is 0 Å². The number of benzene rings is 2. The smallest absolute Gasteiger partial charge is 0.267 e. The average Bonchev–Trinajstić information content (AvgIpc) is 2.96. The van der Waals surface area contributed by atoms with Crippen LogP contribution in [0.3, 0.4) is 0 Å². The van der Waals surface area contributed by atoms with Crippen LogP contribution < -0.4 is 10.2 Å². The molecule has 0 fully saturated rings. The molecular formula is C17H14N2O3. The van der Waals surface area contributed by atoms with Gasteiger partial charge in [0, 0.05) is 23.2 Å². The van der Waals surface area contributed by atoms with Crippen molar-refractivity contribution in [2.75, 3.05) is 0 Å². The number of H-pyrrole nitrogens is 1. The summed E-state index contributed by atoms with van der Waals surface area (Å²) in [5.41, 5.74) is 3.29. The van der Waals surface area contributed by atoms with Gasteiger partial charge in [-0.05, 0) is 35.9 Å². The highest BCUT2D eigenvalue weighted by Crippen LogP contribution is 2.30. The Balaban J connectivity index is 1.86. The lowest BCUT2D eigenvalue weighted by atomic mass is 10.1. The zero-order chi connectivity index (χ0) is 15.4. The van der Waals surface area contributed by atoms with Crippen molar-refractivity contribution >= 4 is 22.9 Å². The lowest BCUT2D eigenvalue weighted by molar-refractivity contribution is -0.124. The number of para-hydroxylation sites is 1. The summed E-state index contributed by atoms with van der Waals surface area (Å²) in [6.45, 7) is 0. The molecule has 110 valence electrons. The molecule has 0 bridgehead atoms. The van der Waals surface area contributed by atoms with Crippen LogP contribution in [0, 0.1) is 0 Å². The molecule has 0 aliphatic heterocycles. The summed E-state index contributed by atoms with van der Waals surface area (Å²) in [7, 11) is 0. The second-order valence-corrected chi connectivity index (χ2v) is 4.68. The molecule has 3 aromatic rings. The summed E-state index contributed by atoms with van der Waals surface area (Å²) < 4.78 is 5.84. The zero-order valence-corrected chi connectivity index (χ0v) is 11.6. The molecule has 0 saturated heterocycles. The van der Waals surface area contributed by atoms with Crippen LogP contribution in [0.5, 0.6) is 11.5 Å². The first-order chi connectivity index (χ1) is 10.8. The third-order valence-electron chi connectivity index (χ3n) is 3.18. The number of hydroxylamine groups is 1. The van der Waals surface area contributed by atoms with Crippen molar-refractivity contribution < 1.29 is 14.7 Å². The van der Waals surface area contributed by atoms with Gasteiger partial charge < -0.3 is 9.72 Å². The van der Waals surface area contributed by atoms with Gasteiger partial charge in [0.1, 0.15) is 5.75 Å². The Morgan fingerprint density at radius 3 is 2.77 bits per heavy atom. The number of hydrogen-bond donors (Lipinski definition) is 3. The van der Waals surface area contributed by atoms with Crippen LogP contribution in [-0.4, -0.2) is 16.1 Å². The van der Waals surface area contributed by atoms with E-state index in [-0.39, 0.29) is 0 Å². The quantitative estimate of drug-likeness (QED) is 0.392. The molecular weight excluding hydrogens is 280 g/mol. The summed E-state index contributed by atoms with van der Waals surface area (Å²) in [6, 6.07) is 15.2. The Hall–Kier alpha value is -3.05. The first-order valence-corrected chi connectivity index (χ1v) is 6.72. The van der Waals surface area contributed by atoms with Crippen molar-refractivity contribution in [3.05, 3.63) is 66.4 Å². The number of amides is 1. The molecule has 22 heavy (non-hydrogen) atoms. The molecule has 3 N–H and O–H groups in total. The summed E-state index contributed by atoms with van der Waals surface area (Å²) in [5.74, 6) is 0.941. The van der Waals surface area contributed by atoms with E-state index < -0.39 is 5.91 Å². The van der Waals surface area contributed by atoms with E-state index in [2.05, 4.69) is 4.98 Å². The number of nitrogens with one attached hydrogen (secondary N) is 2. The molecule has 1 heterocycles. The van der Waals surface area contributed by atoms with Gasteiger partial charge in [-0.2, -0.15) is 0 Å². The van der Waals surface area contributed by atoms with Gasteiger partial charge in [0.15, 0.2) is 5.75 Å². The van der Waals surface area contributed by atoms with Gasteiger partial charge in [0.25, 0.3) is 5.91 Å². The van der Waals surface area contributed by atoms with Crippen LogP contribution in [-0.2, 0) is 4.79 Å². The van der Waals surface area contributed by atoms with E-state index in [9.17, 15) is 4.79 Å². The minimum absolute atomic E-state index is 0.570. The highest BCUT2D eigenvalue weighted by atomic mass is 16.5. The number of fused-ring (bicyclic) bond motifs is 1. The van der Waals surface area contributed by atoms with Crippen molar-refractivity contribution in [2.24, 2.45) is 0 Å². The number of aromatic nitrogens is 1. The van der Waals surface area contributed by atoms with Crippen LogP contribution in [0.25, 0.3) is 17.0 Å². The molecule has 1 aromatic heterocycles. The van der Waals surface area contributed by atoms with E-state index in [1.165, 1.54) is 6.08 Å². The van der Waals surface area contributed by atoms with Crippen LogP contribution in [0.4, 0.5) is 0 Å². The van der Waals surface area contributed by atoms with E-state index in [4.69, 9.17) is 9.94 Å². The van der Waals surface area contributed by atoms with Gasteiger partial charge in [-0.25, -0.2) is 5.48 Å². The lowest BCUT2D eigenvalue weighted by Crippen LogP contribution is -2.14. The average molecular weight is 294 g/mol. The van der Waals surface area contributed by atoms with E-state index in [1.54, 1.807) is 17.8 Å². The van der Waals surface area contributed by atoms with Gasteiger partial charge in [0.2, 0.25) is 0 Å². The molecule has 5 heteroatoms. The number of carbonyl (C=O) groups excluding carboxylic acids is 1. The molecule has 0 unspecified atom stereocenters. The monoisotopic (exact) mass is 294 g/mol. The summed E-state index contributed by atoms with van der Waals surface area (Å²) in [4.78, 5) is 14.1. The Morgan fingerprint density at radius 1 is 1.18 bits per heavy atom. The molecule has 1 amide bonds. The zero-order valence-electron chi connectivity index (χ0n) is 11.6. The maximum absolute atomic E-state index is 11.0. The third kappa shape index (κ3) is 2.99. The van der Waals surface area contributed by atoms with Crippen molar-refractivity contribution in [1.29, 1.82) is 0 Å². The van der Waals surface area contributed by atoms with E-state index in [0.29, 0.717) is 0 Å². The molecule has 0 spiro atoms. The van der Waals surface area contributed by atoms with Gasteiger partial charge in [-0.3, -0.25) is 10.0 Å². The number of ether oxygens (including phenoxy) is 1. The van der Waals surface area contributed by atoms with E-state index in [0.717, 1.165) is 28.0 Å². The number of hydrogen-bond acceptors (Lipinski definition) is 3. The number of carbonyl (C=O) groups is 1. The minimum Gasteiger partial charge on any atom is -0.455 e. The van der Waals surface area contributed by atoms with E-state index in [1.807, 2.05) is 48.5 Å². The SMILES string of the molecule is O=C(/C=C/c1ccc2c(Oc3ccccc3)c[nH]c2c1)NO. The fourth-order valence-electron chi connectivity index (χ4n) is 2.13. The van der Waals surface area contributed by atoms with Crippen LogP contribution in [0.1, 0.15) is 5.56 Å². The molecule has 3 rings (SSSR count). The second kappa shape index (κ2) is 6.15. The fraction of sp³-hybridized carbons (Fsp3) is 0. The summed E-state index contributed by atoms with van der Waals surface area (Å²) in [5, 5.41) is 9.41. The highest BCUT2D eigenvalue weighted by molar-refractivity contribution is 5.92. The Kier molecular flexibility index (Phi) is 3.89. The van der Waals surface area contributed by atoms with Gasteiger partial charge in [-0.1, -0.05) is 24.3 Å². The minimum atomic E-state index is -0.570. The molecule has 0 aliphatic carbocycles. The predicted molar refractivity (Wildman–Crippen MR) is 83.8 cm³/mol. The first-order valence-electron chi connectivity index (χ1n) is 6.72. The number of aromatic amines is 1. The van der Waals surface area contributed by atoms with Crippen molar-refractivity contribution in [1.82, 2.24) is 10.5 Å². The summed E-state index contributed by atoms with van der Waals surface area (Å²) in [6.07, 6.45) is 4.67. The van der Waals surface area contributed by atoms with Crippen molar-refractivity contribution in [3.63, 3.8) is 0 Å². The predicted octanol–water partition coefficient (Wildman–Crippen LogP) is 3.48. The van der Waals surface area contributed by atoms with Gasteiger partial charge >= 0.3 is 0 Å². The maximum atomic E-state index is 11.0. The molecule has 0 radical (unpaired) electrons. The lowest BCUT2D eigenvalue weighted by Gasteiger charge is -2.03. The Labute approximate surface area is 126 Å². The van der Waals surface area contributed by atoms with Crippen LogP contribution in [0.15, 0.2) is 60.8 Å². The molecule has 2 aromatic carbocycles. The normalized spacial score (nSPS) is 11.0. The molecule has 5 nitrogen and oxygen atoms in total. The highest BCUT2D eigenvalue weighted by Gasteiger charge is 2.06. The number of rotatable bonds is 4. The van der Waals surface area contributed by atoms with Crippen LogP contribution >= 0.6 is 0 Å². The standard InChI is InChI=1S/C17H14N2O3/c20-17(19-21)9-7-12-6-8-14-15(10-12)18-11-16(14)22-13-4-2-1-3-5-13/h1-11,18,21H,(H,19,20)/b9-7+.